The smallest absolute Gasteiger partial charge is 0.180 e. The highest BCUT2D eigenvalue weighted by molar-refractivity contribution is 6.32. The standard InChI is InChI=1S/C27H36ClN3O/c1-8-10-21(11-9-2)30-22-14-19(6)29-27-25(22)24(23(32)15-28)20(7)31(27)26-17(4)12-16(3)13-18(26)5/h12-14,21H,8-11,15H2,1-7H3,(H,29,30). The molecule has 0 unspecified atom stereocenters. The number of rotatable bonds is 9. The van der Waals surface area contributed by atoms with Crippen LogP contribution in [0.3, 0.4) is 0 Å². The molecule has 0 aliphatic heterocycles. The molecule has 5 heteroatoms. The van der Waals surface area contributed by atoms with Crippen LogP contribution in [0.2, 0.25) is 0 Å². The lowest BCUT2D eigenvalue weighted by Gasteiger charge is -2.20. The number of aryl methyl sites for hydroxylation is 4. The fraction of sp³-hybridized carbons (Fsp3) is 0.481. The van der Waals surface area contributed by atoms with E-state index in [1.165, 1.54) is 16.7 Å². The SMILES string of the molecule is CCCC(CCC)Nc1cc(C)nc2c1c(C(=O)CCl)c(C)n2-c1c(C)cc(C)cc1C. The summed E-state index contributed by atoms with van der Waals surface area (Å²) in [7, 11) is 0. The average molecular weight is 454 g/mol. The van der Waals surface area contributed by atoms with Gasteiger partial charge in [0.15, 0.2) is 5.78 Å². The van der Waals surface area contributed by atoms with Crippen LogP contribution >= 0.6 is 11.6 Å². The van der Waals surface area contributed by atoms with Gasteiger partial charge in [-0.05, 0) is 64.7 Å². The first kappa shape index (κ1) is 24.3. The van der Waals surface area contributed by atoms with Crippen LogP contribution in [0.1, 0.15) is 78.0 Å². The van der Waals surface area contributed by atoms with Gasteiger partial charge in [0.1, 0.15) is 5.65 Å². The van der Waals surface area contributed by atoms with E-state index in [-0.39, 0.29) is 11.7 Å². The highest BCUT2D eigenvalue weighted by atomic mass is 35.5. The lowest BCUT2D eigenvalue weighted by atomic mass is 10.0. The van der Waals surface area contributed by atoms with E-state index < -0.39 is 0 Å². The molecule has 1 N–H and O–H groups in total. The van der Waals surface area contributed by atoms with E-state index in [4.69, 9.17) is 16.6 Å². The third-order valence-electron chi connectivity index (χ3n) is 6.18. The van der Waals surface area contributed by atoms with Crippen molar-refractivity contribution < 1.29 is 4.79 Å². The molecule has 0 spiro atoms. The third-order valence-corrected chi connectivity index (χ3v) is 6.42. The number of nitrogens with zero attached hydrogens (tertiary/aromatic N) is 2. The number of ketones is 1. The molecule has 0 aliphatic rings. The maximum Gasteiger partial charge on any atom is 0.180 e. The maximum absolute atomic E-state index is 13.1. The Morgan fingerprint density at radius 3 is 2.16 bits per heavy atom. The Morgan fingerprint density at radius 1 is 1.03 bits per heavy atom. The Kier molecular flexibility index (Phi) is 7.66. The van der Waals surface area contributed by atoms with Gasteiger partial charge in [-0.1, -0.05) is 44.4 Å². The van der Waals surface area contributed by atoms with Crippen molar-refractivity contribution in [1.82, 2.24) is 9.55 Å². The predicted octanol–water partition coefficient (Wildman–Crippen LogP) is 7.37. The van der Waals surface area contributed by atoms with Crippen molar-refractivity contribution in [1.29, 1.82) is 0 Å². The summed E-state index contributed by atoms with van der Waals surface area (Å²) < 4.78 is 2.16. The van der Waals surface area contributed by atoms with E-state index in [2.05, 4.69) is 62.7 Å². The molecule has 2 aromatic heterocycles. The van der Waals surface area contributed by atoms with Gasteiger partial charge >= 0.3 is 0 Å². The molecule has 0 bridgehead atoms. The first-order valence-electron chi connectivity index (χ1n) is 11.7. The number of hydrogen-bond acceptors (Lipinski definition) is 3. The fourth-order valence-electron chi connectivity index (χ4n) is 5.04. The Morgan fingerprint density at radius 2 is 1.62 bits per heavy atom. The van der Waals surface area contributed by atoms with E-state index in [9.17, 15) is 4.79 Å². The van der Waals surface area contributed by atoms with Crippen molar-refractivity contribution in [2.45, 2.75) is 80.2 Å². The summed E-state index contributed by atoms with van der Waals surface area (Å²) in [5.41, 5.74) is 8.95. The van der Waals surface area contributed by atoms with E-state index >= 15 is 0 Å². The summed E-state index contributed by atoms with van der Waals surface area (Å²) >= 11 is 6.09. The summed E-state index contributed by atoms with van der Waals surface area (Å²) in [5.74, 6) is -0.112. The van der Waals surface area contributed by atoms with Gasteiger partial charge in [0.25, 0.3) is 0 Å². The number of nitrogens with one attached hydrogen (secondary N) is 1. The Balaban J connectivity index is 2.38. The van der Waals surface area contributed by atoms with Crippen LogP contribution < -0.4 is 5.32 Å². The molecule has 3 rings (SSSR count). The van der Waals surface area contributed by atoms with Crippen LogP contribution in [0.15, 0.2) is 18.2 Å². The second kappa shape index (κ2) is 10.1. The molecule has 0 amide bonds. The zero-order chi connectivity index (χ0) is 23.6. The number of halogens is 1. The van der Waals surface area contributed by atoms with Crippen molar-refractivity contribution in [2.24, 2.45) is 0 Å². The largest absolute Gasteiger partial charge is 0.382 e. The zero-order valence-electron chi connectivity index (χ0n) is 20.5. The van der Waals surface area contributed by atoms with Crippen molar-refractivity contribution in [3.8, 4) is 5.69 Å². The maximum atomic E-state index is 13.1. The van der Waals surface area contributed by atoms with Gasteiger partial charge in [-0.15, -0.1) is 11.6 Å². The molecule has 1 aromatic carbocycles. The summed E-state index contributed by atoms with van der Waals surface area (Å²) in [6.07, 6.45) is 4.40. The highest BCUT2D eigenvalue weighted by Gasteiger charge is 2.26. The van der Waals surface area contributed by atoms with Crippen LogP contribution in [-0.2, 0) is 0 Å². The number of hydrogen-bond donors (Lipinski definition) is 1. The predicted molar refractivity (Wildman–Crippen MR) is 137 cm³/mol. The second-order valence-corrected chi connectivity index (χ2v) is 9.30. The van der Waals surface area contributed by atoms with Gasteiger partial charge in [-0.25, -0.2) is 4.98 Å². The van der Waals surface area contributed by atoms with E-state index in [0.717, 1.165) is 59.5 Å². The van der Waals surface area contributed by atoms with E-state index in [1.807, 2.05) is 13.8 Å². The molecule has 32 heavy (non-hydrogen) atoms. The minimum absolute atomic E-state index is 0.0491. The fourth-order valence-corrected chi connectivity index (χ4v) is 5.18. The van der Waals surface area contributed by atoms with Crippen molar-refractivity contribution in [3.05, 3.63) is 51.8 Å². The van der Waals surface area contributed by atoms with Crippen LogP contribution in [-0.4, -0.2) is 27.3 Å². The number of alkyl halides is 1. The number of anilines is 1. The van der Waals surface area contributed by atoms with Crippen LogP contribution in [0.4, 0.5) is 5.69 Å². The number of pyridine rings is 1. The first-order chi connectivity index (χ1) is 15.2. The number of aromatic nitrogens is 2. The Labute approximate surface area is 197 Å². The van der Waals surface area contributed by atoms with Crippen molar-refractivity contribution in [2.75, 3.05) is 11.2 Å². The molecule has 0 atom stereocenters. The lowest BCUT2D eigenvalue weighted by Crippen LogP contribution is -2.19. The molecule has 172 valence electrons. The van der Waals surface area contributed by atoms with Gasteiger partial charge in [0, 0.05) is 23.1 Å². The molecule has 0 saturated heterocycles. The van der Waals surface area contributed by atoms with Gasteiger partial charge in [0.05, 0.1) is 22.5 Å². The quantitative estimate of drug-likeness (QED) is 0.271. The average Bonchev–Trinajstić information content (AvgIpc) is 2.99. The monoisotopic (exact) mass is 453 g/mol. The minimum atomic E-state index is -0.0634. The Hall–Kier alpha value is -2.33. The molecule has 0 radical (unpaired) electrons. The summed E-state index contributed by atoms with van der Waals surface area (Å²) in [4.78, 5) is 18.0. The first-order valence-corrected chi connectivity index (χ1v) is 12.2. The third kappa shape index (κ3) is 4.56. The van der Waals surface area contributed by atoms with Gasteiger partial charge in [0.2, 0.25) is 0 Å². The zero-order valence-corrected chi connectivity index (χ0v) is 21.3. The number of carbonyl (C=O) groups is 1. The van der Waals surface area contributed by atoms with Gasteiger partial charge in [-0.3, -0.25) is 9.36 Å². The number of fused-ring (bicyclic) bond motifs is 1. The van der Waals surface area contributed by atoms with Crippen molar-refractivity contribution >= 4 is 34.1 Å². The topological polar surface area (TPSA) is 46.9 Å². The molecule has 0 fully saturated rings. The van der Waals surface area contributed by atoms with E-state index in [1.54, 1.807) is 0 Å². The van der Waals surface area contributed by atoms with Crippen LogP contribution in [0, 0.1) is 34.6 Å². The van der Waals surface area contributed by atoms with Crippen molar-refractivity contribution in [3.63, 3.8) is 0 Å². The normalized spacial score (nSPS) is 11.5. The summed E-state index contributed by atoms with van der Waals surface area (Å²) in [6, 6.07) is 6.80. The van der Waals surface area contributed by atoms with Gasteiger partial charge < -0.3 is 5.32 Å². The molecular formula is C27H36ClN3O. The molecule has 0 saturated carbocycles. The molecule has 4 nitrogen and oxygen atoms in total. The molecule has 2 heterocycles. The number of Topliss-reactive ketones (excluding diaryl/α,β-unsaturated/α-hetero) is 1. The summed E-state index contributed by atoms with van der Waals surface area (Å²) in [5, 5.41) is 4.65. The second-order valence-electron chi connectivity index (χ2n) is 9.03. The molecule has 3 aromatic rings. The summed E-state index contributed by atoms with van der Waals surface area (Å²) in [6.45, 7) is 14.8. The lowest BCUT2D eigenvalue weighted by molar-refractivity contribution is 0.102. The van der Waals surface area contributed by atoms with Crippen LogP contribution in [0.5, 0.6) is 0 Å². The van der Waals surface area contributed by atoms with Gasteiger partial charge in [-0.2, -0.15) is 0 Å². The van der Waals surface area contributed by atoms with Crippen LogP contribution in [0.25, 0.3) is 16.7 Å². The molecule has 0 aliphatic carbocycles. The number of benzene rings is 1. The Bertz CT molecular complexity index is 1120. The number of carbonyl (C=O) groups excluding carboxylic acids is 1. The van der Waals surface area contributed by atoms with E-state index in [0.29, 0.717) is 11.6 Å². The molecular weight excluding hydrogens is 418 g/mol. The highest BCUT2D eigenvalue weighted by Crippen LogP contribution is 2.37. The minimum Gasteiger partial charge on any atom is -0.382 e.